The molecule has 0 aliphatic carbocycles. The zero-order chi connectivity index (χ0) is 22.7. The van der Waals surface area contributed by atoms with Gasteiger partial charge < -0.3 is 30.1 Å². The maximum atomic E-state index is 15.9. The van der Waals surface area contributed by atoms with Crippen molar-refractivity contribution in [2.45, 2.75) is 38.3 Å². The summed E-state index contributed by atoms with van der Waals surface area (Å²) in [6.45, 7) is 1.75. The maximum Gasteiger partial charge on any atom is 0.292 e. The van der Waals surface area contributed by atoms with E-state index in [9.17, 15) is 4.79 Å². The van der Waals surface area contributed by atoms with E-state index in [1.165, 1.54) is 0 Å². The molecule has 1 atom stereocenters. The molecule has 2 aromatic heterocycles. The van der Waals surface area contributed by atoms with Crippen LogP contribution < -0.4 is 21.1 Å². The Morgan fingerprint density at radius 3 is 2.88 bits per heavy atom. The smallest absolute Gasteiger partial charge is 0.292 e. The summed E-state index contributed by atoms with van der Waals surface area (Å²) in [6, 6.07) is 6.71. The third kappa shape index (κ3) is 3.08. The summed E-state index contributed by atoms with van der Waals surface area (Å²) in [6.07, 6.45) is 3.10. The highest BCUT2D eigenvalue weighted by molar-refractivity contribution is 5.93. The molecular formula is C23H23FN6O3. The largest absolute Gasteiger partial charge is 0.491 e. The SMILES string of the molecule is NC(=O)[C@@H]1CCCN1c1cc2c3c(nc(-c4ccc5oc(N)nc5c4)n3CCCCO2)c1F. The lowest BCUT2D eigenvalue weighted by atomic mass is 10.1. The normalized spacial score (nSPS) is 18.5. The number of amides is 1. The molecule has 4 N–H and O–H groups in total. The van der Waals surface area contributed by atoms with Crippen molar-refractivity contribution in [2.24, 2.45) is 5.73 Å². The van der Waals surface area contributed by atoms with Crippen molar-refractivity contribution in [1.29, 1.82) is 0 Å². The maximum absolute atomic E-state index is 15.9. The summed E-state index contributed by atoms with van der Waals surface area (Å²) in [5.41, 5.74) is 14.4. The number of nitrogens with zero attached hydrogens (tertiary/aromatic N) is 4. The van der Waals surface area contributed by atoms with E-state index in [-0.39, 0.29) is 11.5 Å². The summed E-state index contributed by atoms with van der Waals surface area (Å²) >= 11 is 0. The van der Waals surface area contributed by atoms with E-state index in [0.717, 1.165) is 24.8 Å². The summed E-state index contributed by atoms with van der Waals surface area (Å²) in [7, 11) is 0. The van der Waals surface area contributed by atoms with Gasteiger partial charge in [0.1, 0.15) is 34.2 Å². The van der Waals surface area contributed by atoms with Gasteiger partial charge >= 0.3 is 0 Å². The number of ether oxygens (including phenoxy) is 1. The number of aromatic nitrogens is 3. The average Bonchev–Trinajstić information content (AvgIpc) is 3.48. The highest BCUT2D eigenvalue weighted by Gasteiger charge is 2.33. The van der Waals surface area contributed by atoms with Crippen LogP contribution in [0.1, 0.15) is 25.7 Å². The molecule has 0 saturated carbocycles. The zero-order valence-corrected chi connectivity index (χ0v) is 17.9. The Bertz CT molecular complexity index is 1410. The number of hydrogen-bond donors (Lipinski definition) is 2. The number of carbonyl (C=O) groups excluding carboxylic acids is 1. The summed E-state index contributed by atoms with van der Waals surface area (Å²) < 4.78 is 29.4. The molecular weight excluding hydrogens is 427 g/mol. The molecule has 170 valence electrons. The van der Waals surface area contributed by atoms with Crippen molar-refractivity contribution in [3.8, 4) is 17.1 Å². The van der Waals surface area contributed by atoms with E-state index in [0.29, 0.717) is 60.0 Å². The molecule has 33 heavy (non-hydrogen) atoms. The number of imidazole rings is 1. The van der Waals surface area contributed by atoms with Gasteiger partial charge in [-0.2, -0.15) is 4.98 Å². The van der Waals surface area contributed by atoms with E-state index < -0.39 is 17.8 Å². The second-order valence-corrected chi connectivity index (χ2v) is 8.54. The molecule has 10 heteroatoms. The van der Waals surface area contributed by atoms with Gasteiger partial charge in [-0.05, 0) is 43.9 Å². The third-order valence-electron chi connectivity index (χ3n) is 6.49. The fourth-order valence-electron chi connectivity index (χ4n) is 4.98. The summed E-state index contributed by atoms with van der Waals surface area (Å²) in [5.74, 6) is 0.241. The molecule has 6 rings (SSSR count). The van der Waals surface area contributed by atoms with Gasteiger partial charge in [-0.15, -0.1) is 0 Å². The molecule has 4 aromatic rings. The van der Waals surface area contributed by atoms with Crippen LogP contribution in [0.25, 0.3) is 33.5 Å². The number of aryl methyl sites for hydroxylation is 1. The Kier molecular flexibility index (Phi) is 4.42. The predicted molar refractivity (Wildman–Crippen MR) is 121 cm³/mol. The summed E-state index contributed by atoms with van der Waals surface area (Å²) in [4.78, 5) is 22.6. The van der Waals surface area contributed by atoms with Gasteiger partial charge in [-0.3, -0.25) is 4.79 Å². The molecule has 9 nitrogen and oxygen atoms in total. The van der Waals surface area contributed by atoms with Gasteiger partial charge in [0, 0.05) is 24.7 Å². The molecule has 1 saturated heterocycles. The molecule has 2 aliphatic heterocycles. The van der Waals surface area contributed by atoms with Crippen LogP contribution in [0.3, 0.4) is 0 Å². The van der Waals surface area contributed by atoms with E-state index in [1.54, 1.807) is 17.0 Å². The van der Waals surface area contributed by atoms with E-state index in [1.807, 2.05) is 16.7 Å². The Balaban J connectivity index is 1.58. The number of oxazole rings is 1. The first-order valence-corrected chi connectivity index (χ1v) is 11.1. The number of primary amides is 1. The van der Waals surface area contributed by atoms with Gasteiger partial charge in [-0.25, -0.2) is 9.37 Å². The van der Waals surface area contributed by atoms with Crippen molar-refractivity contribution in [3.05, 3.63) is 30.1 Å². The van der Waals surface area contributed by atoms with Crippen LogP contribution in [0.5, 0.6) is 5.75 Å². The van der Waals surface area contributed by atoms with Crippen LogP contribution in [0, 0.1) is 5.82 Å². The number of carbonyl (C=O) groups is 1. The van der Waals surface area contributed by atoms with Crippen molar-refractivity contribution in [2.75, 3.05) is 23.8 Å². The van der Waals surface area contributed by atoms with Gasteiger partial charge in [0.2, 0.25) is 5.91 Å². The van der Waals surface area contributed by atoms with Gasteiger partial charge in [0.25, 0.3) is 6.01 Å². The molecule has 4 heterocycles. The molecule has 1 fully saturated rings. The number of fused-ring (bicyclic) bond motifs is 1. The van der Waals surface area contributed by atoms with Crippen LogP contribution in [0.2, 0.25) is 0 Å². The number of anilines is 2. The predicted octanol–water partition coefficient (Wildman–Crippen LogP) is 3.19. The first-order chi connectivity index (χ1) is 16.0. The quantitative estimate of drug-likeness (QED) is 0.491. The fraction of sp³-hybridized carbons (Fsp3) is 0.348. The number of nitrogen functional groups attached to an aromatic ring is 1. The number of hydrogen-bond acceptors (Lipinski definition) is 7. The highest BCUT2D eigenvalue weighted by Crippen LogP contribution is 2.41. The molecule has 0 bridgehead atoms. The Labute approximate surface area is 188 Å². The lowest BCUT2D eigenvalue weighted by Crippen LogP contribution is -2.40. The second-order valence-electron chi connectivity index (χ2n) is 8.54. The number of halogens is 1. The van der Waals surface area contributed by atoms with Crippen molar-refractivity contribution in [1.82, 2.24) is 14.5 Å². The van der Waals surface area contributed by atoms with E-state index in [2.05, 4.69) is 4.98 Å². The zero-order valence-electron chi connectivity index (χ0n) is 17.9. The van der Waals surface area contributed by atoms with E-state index >= 15 is 4.39 Å². The fourth-order valence-corrected chi connectivity index (χ4v) is 4.98. The minimum absolute atomic E-state index is 0.0889. The average molecular weight is 450 g/mol. The lowest BCUT2D eigenvalue weighted by Gasteiger charge is -2.26. The number of rotatable bonds is 3. The monoisotopic (exact) mass is 450 g/mol. The molecule has 0 spiro atoms. The molecule has 0 radical (unpaired) electrons. The lowest BCUT2D eigenvalue weighted by molar-refractivity contribution is -0.119. The first-order valence-electron chi connectivity index (χ1n) is 11.1. The summed E-state index contributed by atoms with van der Waals surface area (Å²) in [5, 5.41) is 0. The highest BCUT2D eigenvalue weighted by atomic mass is 19.1. The van der Waals surface area contributed by atoms with Gasteiger partial charge in [-0.1, -0.05) is 0 Å². The van der Waals surface area contributed by atoms with Crippen LogP contribution >= 0.6 is 0 Å². The van der Waals surface area contributed by atoms with Gasteiger partial charge in [0.05, 0.1) is 12.3 Å². The van der Waals surface area contributed by atoms with Crippen molar-refractivity contribution < 1.29 is 18.3 Å². The van der Waals surface area contributed by atoms with Crippen molar-refractivity contribution in [3.63, 3.8) is 0 Å². The Morgan fingerprint density at radius 1 is 1.15 bits per heavy atom. The topological polar surface area (TPSA) is 125 Å². The second kappa shape index (κ2) is 7.36. The third-order valence-corrected chi connectivity index (χ3v) is 6.49. The Morgan fingerprint density at radius 2 is 2.03 bits per heavy atom. The van der Waals surface area contributed by atoms with Crippen LogP contribution in [0.15, 0.2) is 28.7 Å². The van der Waals surface area contributed by atoms with Crippen molar-refractivity contribution >= 4 is 39.7 Å². The Hall–Kier alpha value is -3.82. The minimum atomic E-state index is -0.542. The van der Waals surface area contributed by atoms with Crippen LogP contribution in [-0.2, 0) is 11.3 Å². The molecule has 2 aromatic carbocycles. The van der Waals surface area contributed by atoms with Crippen LogP contribution in [0.4, 0.5) is 16.1 Å². The molecule has 1 amide bonds. The minimum Gasteiger partial charge on any atom is -0.491 e. The van der Waals surface area contributed by atoms with E-state index in [4.69, 9.17) is 25.6 Å². The number of benzene rings is 2. The first kappa shape index (κ1) is 19.8. The van der Waals surface area contributed by atoms with Gasteiger partial charge in [0.15, 0.2) is 11.4 Å². The molecule has 0 unspecified atom stereocenters. The number of nitrogens with two attached hydrogens (primary N) is 2. The molecule has 2 aliphatic rings. The standard InChI is InChI=1S/C23H23FN6O3/c24-18-15(29-8-3-4-14(29)21(25)31)11-17-20-19(18)28-22(30(20)7-1-2-9-32-17)12-5-6-16-13(10-12)27-23(26)33-16/h5-6,10-11,14H,1-4,7-9H2,(H2,25,31)(H2,26,27)/t14-/m0/s1. The van der Waals surface area contributed by atoms with Crippen LogP contribution in [-0.4, -0.2) is 39.6 Å².